The minimum atomic E-state index is 0.735. The molecule has 0 aliphatic rings. The number of hydrogen-bond donors (Lipinski definition) is 0. The third kappa shape index (κ3) is 2.61. The molecule has 27 heavy (non-hydrogen) atoms. The van der Waals surface area contributed by atoms with Crippen LogP contribution in [0.15, 0.2) is 48.8 Å². The lowest BCUT2D eigenvalue weighted by molar-refractivity contribution is 0.759. The lowest BCUT2D eigenvalue weighted by Gasteiger charge is -2.05. The maximum Gasteiger partial charge on any atom is 0.129 e. The monoisotopic (exact) mass is 354 g/mol. The maximum absolute atomic E-state index is 4.90. The SMILES string of the molecule is Cc1nc(CCc2nc3c4cccnc4ccc3n2C)nc2cccnc12. The molecule has 0 aliphatic heterocycles. The quantitative estimate of drug-likeness (QED) is 0.495. The second kappa shape index (κ2) is 6.09. The molecule has 0 unspecified atom stereocenters. The highest BCUT2D eigenvalue weighted by atomic mass is 15.1. The number of fused-ring (bicyclic) bond motifs is 4. The first-order valence-electron chi connectivity index (χ1n) is 8.98. The summed E-state index contributed by atoms with van der Waals surface area (Å²) in [6.45, 7) is 1.98. The minimum Gasteiger partial charge on any atom is -0.331 e. The first-order chi connectivity index (χ1) is 13.2. The van der Waals surface area contributed by atoms with Gasteiger partial charge in [0.1, 0.15) is 17.2 Å². The summed E-state index contributed by atoms with van der Waals surface area (Å²) >= 11 is 0. The van der Waals surface area contributed by atoms with Crippen molar-refractivity contribution in [3.8, 4) is 0 Å². The zero-order valence-electron chi connectivity index (χ0n) is 15.2. The summed E-state index contributed by atoms with van der Waals surface area (Å²) in [4.78, 5) is 23.0. The molecule has 0 N–H and O–H groups in total. The van der Waals surface area contributed by atoms with Gasteiger partial charge in [0.2, 0.25) is 0 Å². The smallest absolute Gasteiger partial charge is 0.129 e. The van der Waals surface area contributed by atoms with Crippen LogP contribution in [0.3, 0.4) is 0 Å². The van der Waals surface area contributed by atoms with E-state index in [0.717, 1.165) is 63.2 Å². The first kappa shape index (κ1) is 15.8. The van der Waals surface area contributed by atoms with Crippen molar-refractivity contribution >= 4 is 33.0 Å². The highest BCUT2D eigenvalue weighted by Crippen LogP contribution is 2.24. The van der Waals surface area contributed by atoms with Gasteiger partial charge in [0.15, 0.2) is 0 Å². The Kier molecular flexibility index (Phi) is 3.57. The normalized spacial score (nSPS) is 11.6. The van der Waals surface area contributed by atoms with Gasteiger partial charge >= 0.3 is 0 Å². The maximum atomic E-state index is 4.90. The van der Waals surface area contributed by atoms with E-state index in [2.05, 4.69) is 43.7 Å². The number of rotatable bonds is 3. The Bertz CT molecular complexity index is 1300. The van der Waals surface area contributed by atoms with Crippen LogP contribution in [0.5, 0.6) is 0 Å². The van der Waals surface area contributed by atoms with Crippen molar-refractivity contribution in [2.24, 2.45) is 7.05 Å². The number of hydrogen-bond acceptors (Lipinski definition) is 5. The van der Waals surface area contributed by atoms with Crippen LogP contribution in [0.25, 0.3) is 33.0 Å². The van der Waals surface area contributed by atoms with E-state index in [-0.39, 0.29) is 0 Å². The Morgan fingerprint density at radius 1 is 0.815 bits per heavy atom. The van der Waals surface area contributed by atoms with Gasteiger partial charge < -0.3 is 4.57 Å². The molecule has 0 atom stereocenters. The fraction of sp³-hybridized carbons (Fsp3) is 0.190. The van der Waals surface area contributed by atoms with Gasteiger partial charge in [-0.05, 0) is 43.3 Å². The Balaban J connectivity index is 1.52. The lowest BCUT2D eigenvalue weighted by atomic mass is 10.2. The Morgan fingerprint density at radius 2 is 1.67 bits per heavy atom. The summed E-state index contributed by atoms with van der Waals surface area (Å²) in [5.74, 6) is 1.85. The van der Waals surface area contributed by atoms with Gasteiger partial charge in [-0.1, -0.05) is 0 Å². The molecule has 4 aromatic heterocycles. The fourth-order valence-electron chi connectivity index (χ4n) is 3.59. The van der Waals surface area contributed by atoms with Gasteiger partial charge in [-0.15, -0.1) is 0 Å². The molecule has 0 radical (unpaired) electrons. The average Bonchev–Trinajstić information content (AvgIpc) is 3.03. The van der Waals surface area contributed by atoms with Crippen molar-refractivity contribution in [1.29, 1.82) is 0 Å². The van der Waals surface area contributed by atoms with E-state index in [0.29, 0.717) is 0 Å². The molecular formula is C21H18N6. The largest absolute Gasteiger partial charge is 0.331 e. The van der Waals surface area contributed by atoms with Crippen molar-refractivity contribution < 1.29 is 0 Å². The van der Waals surface area contributed by atoms with E-state index in [1.807, 2.05) is 37.4 Å². The van der Waals surface area contributed by atoms with Crippen LogP contribution in [0.2, 0.25) is 0 Å². The Labute approximate surface area is 156 Å². The van der Waals surface area contributed by atoms with Gasteiger partial charge in [-0.3, -0.25) is 9.97 Å². The van der Waals surface area contributed by atoms with Crippen molar-refractivity contribution in [2.45, 2.75) is 19.8 Å². The summed E-state index contributed by atoms with van der Waals surface area (Å²) in [7, 11) is 2.06. The predicted octanol–water partition coefficient (Wildman–Crippen LogP) is 3.55. The molecule has 0 saturated heterocycles. The number of imidazole rings is 1. The Morgan fingerprint density at radius 3 is 2.59 bits per heavy atom. The van der Waals surface area contributed by atoms with E-state index in [1.54, 1.807) is 6.20 Å². The van der Waals surface area contributed by atoms with Crippen molar-refractivity contribution in [2.75, 3.05) is 0 Å². The van der Waals surface area contributed by atoms with E-state index < -0.39 is 0 Å². The van der Waals surface area contributed by atoms with Crippen LogP contribution in [0.1, 0.15) is 17.3 Å². The molecule has 5 aromatic rings. The fourth-order valence-corrected chi connectivity index (χ4v) is 3.59. The number of benzene rings is 1. The van der Waals surface area contributed by atoms with E-state index in [1.165, 1.54) is 0 Å². The van der Waals surface area contributed by atoms with Crippen LogP contribution >= 0.6 is 0 Å². The topological polar surface area (TPSA) is 69.4 Å². The van der Waals surface area contributed by atoms with Crippen LogP contribution in [-0.2, 0) is 19.9 Å². The molecular weight excluding hydrogens is 336 g/mol. The molecule has 0 aliphatic carbocycles. The number of pyridine rings is 2. The molecule has 4 heterocycles. The predicted molar refractivity (Wildman–Crippen MR) is 105 cm³/mol. The molecule has 0 spiro atoms. The minimum absolute atomic E-state index is 0.735. The molecule has 6 heteroatoms. The molecule has 0 amide bonds. The molecule has 132 valence electrons. The average molecular weight is 354 g/mol. The van der Waals surface area contributed by atoms with Crippen LogP contribution in [0, 0.1) is 6.92 Å². The standard InChI is InChI=1S/C21H18N6/c1-13-20-16(6-4-12-23-20)25-18(24-13)9-10-19-26-21-14-5-3-11-22-15(14)7-8-17(21)27(19)2/h3-8,11-12H,9-10H2,1-2H3. The zero-order chi connectivity index (χ0) is 18.4. The Hall–Kier alpha value is -3.41. The van der Waals surface area contributed by atoms with E-state index >= 15 is 0 Å². The van der Waals surface area contributed by atoms with E-state index in [9.17, 15) is 0 Å². The third-order valence-electron chi connectivity index (χ3n) is 4.97. The highest BCUT2D eigenvalue weighted by Gasteiger charge is 2.12. The zero-order valence-corrected chi connectivity index (χ0v) is 15.2. The van der Waals surface area contributed by atoms with Gasteiger partial charge in [0, 0.05) is 37.7 Å². The molecule has 0 bridgehead atoms. The first-order valence-corrected chi connectivity index (χ1v) is 8.98. The number of nitrogens with zero attached hydrogens (tertiary/aromatic N) is 6. The van der Waals surface area contributed by atoms with Crippen LogP contribution in [0.4, 0.5) is 0 Å². The second-order valence-corrected chi connectivity index (χ2v) is 6.69. The summed E-state index contributed by atoms with van der Waals surface area (Å²) < 4.78 is 2.15. The molecule has 0 fully saturated rings. The highest BCUT2D eigenvalue weighted by molar-refractivity contribution is 6.02. The van der Waals surface area contributed by atoms with Gasteiger partial charge in [-0.2, -0.15) is 0 Å². The van der Waals surface area contributed by atoms with Gasteiger partial charge in [0.05, 0.1) is 27.8 Å². The van der Waals surface area contributed by atoms with Crippen molar-refractivity contribution in [1.82, 2.24) is 29.5 Å². The molecule has 0 saturated carbocycles. The summed E-state index contributed by atoms with van der Waals surface area (Å²) in [5.41, 5.74) is 5.75. The number of aryl methyl sites for hydroxylation is 4. The van der Waals surface area contributed by atoms with Crippen LogP contribution < -0.4 is 0 Å². The van der Waals surface area contributed by atoms with Gasteiger partial charge in [-0.25, -0.2) is 15.0 Å². The summed E-state index contributed by atoms with van der Waals surface area (Å²) in [6.07, 6.45) is 5.10. The summed E-state index contributed by atoms with van der Waals surface area (Å²) in [6, 6.07) is 12.0. The lowest BCUT2D eigenvalue weighted by Crippen LogP contribution is -2.05. The second-order valence-electron chi connectivity index (χ2n) is 6.69. The van der Waals surface area contributed by atoms with E-state index in [4.69, 9.17) is 4.98 Å². The molecule has 6 nitrogen and oxygen atoms in total. The number of aromatic nitrogens is 6. The molecule has 5 rings (SSSR count). The summed E-state index contributed by atoms with van der Waals surface area (Å²) in [5, 5.41) is 1.08. The molecule has 1 aromatic carbocycles. The van der Waals surface area contributed by atoms with Crippen molar-refractivity contribution in [3.63, 3.8) is 0 Å². The third-order valence-corrected chi connectivity index (χ3v) is 4.97. The van der Waals surface area contributed by atoms with Gasteiger partial charge in [0.25, 0.3) is 0 Å². The van der Waals surface area contributed by atoms with Crippen molar-refractivity contribution in [3.05, 3.63) is 66.1 Å². The van der Waals surface area contributed by atoms with Crippen LogP contribution in [-0.4, -0.2) is 29.5 Å².